The number of aromatic amines is 1. The lowest BCUT2D eigenvalue weighted by Crippen LogP contribution is -2.30. The van der Waals surface area contributed by atoms with Gasteiger partial charge >= 0.3 is 0 Å². The Morgan fingerprint density at radius 3 is 3.12 bits per heavy atom. The van der Waals surface area contributed by atoms with E-state index >= 15 is 0 Å². The first-order chi connectivity index (χ1) is 12.1. The molecule has 2 aromatic rings. The summed E-state index contributed by atoms with van der Waals surface area (Å²) in [5.74, 6) is 1.80. The van der Waals surface area contributed by atoms with Crippen molar-refractivity contribution in [3.05, 3.63) is 51.8 Å². The maximum Gasteiger partial charge on any atom is 0.272 e. The largest absolute Gasteiger partial charge is 0.351 e. The predicted octanol–water partition coefficient (Wildman–Crippen LogP) is 3.10. The first kappa shape index (κ1) is 18.3. The van der Waals surface area contributed by atoms with E-state index in [2.05, 4.69) is 33.5 Å². The Hall–Kier alpha value is -1.50. The highest BCUT2D eigenvalue weighted by Crippen LogP contribution is 2.21. The minimum atomic E-state index is -0.0797. The fourth-order valence-corrected chi connectivity index (χ4v) is 4.12. The Morgan fingerprint density at radius 1 is 1.44 bits per heavy atom. The van der Waals surface area contributed by atoms with Crippen molar-refractivity contribution in [3.63, 3.8) is 0 Å². The van der Waals surface area contributed by atoms with Crippen LogP contribution in [0.15, 0.2) is 24.3 Å². The molecule has 2 N–H and O–H groups in total. The number of aromatic nitrogens is 2. The van der Waals surface area contributed by atoms with Gasteiger partial charge < -0.3 is 10.2 Å². The molecule has 134 valence electrons. The monoisotopic (exact) mass is 378 g/mol. The topological polar surface area (TPSA) is 61.0 Å². The van der Waals surface area contributed by atoms with Crippen LogP contribution in [0, 0.1) is 0 Å². The minimum Gasteiger partial charge on any atom is -0.351 e. The highest BCUT2D eigenvalue weighted by molar-refractivity contribution is 7.98. The van der Waals surface area contributed by atoms with Gasteiger partial charge in [-0.2, -0.15) is 16.9 Å². The molecule has 0 saturated heterocycles. The van der Waals surface area contributed by atoms with Gasteiger partial charge in [0.1, 0.15) is 0 Å². The number of hydrogen-bond acceptors (Lipinski definition) is 4. The first-order valence-electron chi connectivity index (χ1n) is 8.49. The number of carbonyl (C=O) groups is 1. The number of nitrogens with one attached hydrogen (secondary N) is 2. The van der Waals surface area contributed by atoms with Crippen LogP contribution in [-0.4, -0.2) is 46.9 Å². The molecule has 0 aliphatic carbocycles. The highest BCUT2D eigenvalue weighted by Gasteiger charge is 2.23. The van der Waals surface area contributed by atoms with Gasteiger partial charge in [0.2, 0.25) is 0 Å². The second-order valence-electron chi connectivity index (χ2n) is 6.27. The summed E-state index contributed by atoms with van der Waals surface area (Å²) in [5.41, 5.74) is 3.84. The summed E-state index contributed by atoms with van der Waals surface area (Å²) in [6.07, 6.45) is 1.85. The summed E-state index contributed by atoms with van der Waals surface area (Å²) in [7, 11) is 2.06. The van der Waals surface area contributed by atoms with Gasteiger partial charge in [-0.25, -0.2) is 0 Å². The van der Waals surface area contributed by atoms with Gasteiger partial charge in [0.15, 0.2) is 5.69 Å². The van der Waals surface area contributed by atoms with Crippen LogP contribution in [-0.2, 0) is 18.7 Å². The van der Waals surface area contributed by atoms with Gasteiger partial charge in [0.05, 0.1) is 0 Å². The Morgan fingerprint density at radius 2 is 2.28 bits per heavy atom. The van der Waals surface area contributed by atoms with Crippen LogP contribution in [0.5, 0.6) is 0 Å². The van der Waals surface area contributed by atoms with Crippen molar-refractivity contribution in [3.8, 4) is 0 Å². The molecular weight excluding hydrogens is 356 g/mol. The molecule has 5 nitrogen and oxygen atoms in total. The van der Waals surface area contributed by atoms with Gasteiger partial charge in [-0.05, 0) is 30.9 Å². The van der Waals surface area contributed by atoms with E-state index in [9.17, 15) is 4.79 Å². The zero-order valence-electron chi connectivity index (χ0n) is 14.3. The number of hydrogen-bond donors (Lipinski definition) is 2. The van der Waals surface area contributed by atoms with Crippen molar-refractivity contribution in [1.82, 2.24) is 20.4 Å². The fourth-order valence-electron chi connectivity index (χ4n) is 2.88. The van der Waals surface area contributed by atoms with Crippen LogP contribution in [0.1, 0.15) is 33.7 Å². The number of benzene rings is 1. The average molecular weight is 379 g/mol. The van der Waals surface area contributed by atoms with Crippen molar-refractivity contribution in [2.24, 2.45) is 0 Å². The van der Waals surface area contributed by atoms with Gasteiger partial charge in [0.25, 0.3) is 5.91 Å². The summed E-state index contributed by atoms with van der Waals surface area (Å²) in [6.45, 7) is 2.44. The SMILES string of the molecule is CN1CCc2[nH]nc(C(=O)NCCCSCc3ccccc3Cl)c2C1. The van der Waals surface area contributed by atoms with E-state index in [1.165, 1.54) is 0 Å². The van der Waals surface area contributed by atoms with Crippen molar-refractivity contribution in [2.75, 3.05) is 25.9 Å². The van der Waals surface area contributed by atoms with Gasteiger partial charge in [-0.15, -0.1) is 0 Å². The standard InChI is InChI=1S/C18H23ClN4OS/c1-23-9-7-16-14(11-23)17(22-21-16)18(24)20-8-4-10-25-12-13-5-2-3-6-15(13)19/h2-3,5-6H,4,7-12H2,1H3,(H,20,24)(H,21,22). The van der Waals surface area contributed by atoms with E-state index in [0.717, 1.165) is 59.3 Å². The third kappa shape index (κ3) is 4.77. The third-order valence-electron chi connectivity index (χ3n) is 4.31. The molecule has 0 radical (unpaired) electrons. The molecule has 3 rings (SSSR count). The van der Waals surface area contributed by atoms with Crippen LogP contribution >= 0.6 is 23.4 Å². The molecule has 25 heavy (non-hydrogen) atoms. The molecule has 0 saturated carbocycles. The maximum absolute atomic E-state index is 12.3. The number of rotatable bonds is 7. The molecule has 1 aromatic carbocycles. The van der Waals surface area contributed by atoms with E-state index < -0.39 is 0 Å². The lowest BCUT2D eigenvalue weighted by Gasteiger charge is -2.22. The number of fused-ring (bicyclic) bond motifs is 1. The normalized spacial score (nSPS) is 14.3. The zero-order valence-corrected chi connectivity index (χ0v) is 15.9. The molecule has 0 atom stereocenters. The van der Waals surface area contributed by atoms with E-state index in [1.807, 2.05) is 30.0 Å². The quantitative estimate of drug-likeness (QED) is 0.727. The summed E-state index contributed by atoms with van der Waals surface area (Å²) in [6, 6.07) is 7.91. The van der Waals surface area contributed by atoms with Crippen molar-refractivity contribution < 1.29 is 4.79 Å². The lowest BCUT2D eigenvalue weighted by molar-refractivity contribution is 0.0946. The zero-order chi connectivity index (χ0) is 17.6. The predicted molar refractivity (Wildman–Crippen MR) is 103 cm³/mol. The molecule has 1 amide bonds. The van der Waals surface area contributed by atoms with Gasteiger partial charge in [-0.1, -0.05) is 29.8 Å². The summed E-state index contributed by atoms with van der Waals surface area (Å²) in [5, 5.41) is 11.0. The molecular formula is C18H23ClN4OS. The van der Waals surface area contributed by atoms with E-state index in [4.69, 9.17) is 11.6 Å². The lowest BCUT2D eigenvalue weighted by atomic mass is 10.1. The van der Waals surface area contributed by atoms with Gasteiger partial charge in [-0.3, -0.25) is 9.89 Å². The molecule has 1 aliphatic heterocycles. The smallest absolute Gasteiger partial charge is 0.272 e. The van der Waals surface area contributed by atoms with Crippen molar-refractivity contribution >= 4 is 29.3 Å². The molecule has 0 spiro atoms. The second-order valence-corrected chi connectivity index (χ2v) is 7.78. The van der Waals surface area contributed by atoms with Crippen LogP contribution in [0.2, 0.25) is 5.02 Å². The molecule has 0 unspecified atom stereocenters. The average Bonchev–Trinajstić information content (AvgIpc) is 3.02. The molecule has 1 aliphatic rings. The Bertz CT molecular complexity index is 734. The molecule has 0 bridgehead atoms. The van der Waals surface area contributed by atoms with E-state index in [1.54, 1.807) is 0 Å². The number of H-pyrrole nitrogens is 1. The molecule has 2 heterocycles. The Balaban J connectivity index is 1.39. The summed E-state index contributed by atoms with van der Waals surface area (Å²) in [4.78, 5) is 14.6. The Kier molecular flexibility index (Phi) is 6.39. The molecule has 7 heteroatoms. The number of carbonyl (C=O) groups excluding carboxylic acids is 1. The molecule has 1 aromatic heterocycles. The maximum atomic E-state index is 12.3. The fraction of sp³-hybridized carbons (Fsp3) is 0.444. The number of thioether (sulfide) groups is 1. The first-order valence-corrected chi connectivity index (χ1v) is 10.0. The van der Waals surface area contributed by atoms with Crippen LogP contribution in [0.4, 0.5) is 0 Å². The van der Waals surface area contributed by atoms with E-state index in [0.29, 0.717) is 12.2 Å². The minimum absolute atomic E-state index is 0.0797. The van der Waals surface area contributed by atoms with E-state index in [-0.39, 0.29) is 5.91 Å². The van der Waals surface area contributed by atoms with Crippen LogP contribution in [0.3, 0.4) is 0 Å². The number of amides is 1. The van der Waals surface area contributed by atoms with Crippen LogP contribution in [0.25, 0.3) is 0 Å². The number of nitrogens with zero attached hydrogens (tertiary/aromatic N) is 2. The van der Waals surface area contributed by atoms with Crippen LogP contribution < -0.4 is 5.32 Å². The number of likely N-dealkylation sites (N-methyl/N-ethyl adjacent to an activating group) is 1. The van der Waals surface area contributed by atoms with Crippen molar-refractivity contribution in [1.29, 1.82) is 0 Å². The number of halogens is 1. The summed E-state index contributed by atoms with van der Waals surface area (Å²) >= 11 is 7.98. The summed E-state index contributed by atoms with van der Waals surface area (Å²) < 4.78 is 0. The molecule has 0 fully saturated rings. The van der Waals surface area contributed by atoms with Crippen molar-refractivity contribution in [2.45, 2.75) is 25.1 Å². The Labute approximate surface area is 157 Å². The third-order valence-corrected chi connectivity index (χ3v) is 5.77. The van der Waals surface area contributed by atoms with Gasteiger partial charge in [0, 0.05) is 48.1 Å². The second kappa shape index (κ2) is 8.74. The highest BCUT2D eigenvalue weighted by atomic mass is 35.5.